The van der Waals surface area contributed by atoms with E-state index in [-0.39, 0.29) is 0 Å². The summed E-state index contributed by atoms with van der Waals surface area (Å²) in [5.74, 6) is 0.749. The van der Waals surface area contributed by atoms with Crippen molar-refractivity contribution >= 4 is 0 Å². The van der Waals surface area contributed by atoms with E-state index in [4.69, 9.17) is 4.74 Å². The number of rotatable bonds is 3. The quantitative estimate of drug-likeness (QED) is 0.710. The van der Waals surface area contributed by atoms with E-state index in [9.17, 15) is 0 Å². The molecule has 14 heavy (non-hydrogen) atoms. The molecule has 2 atom stereocenters. The average Bonchev–Trinajstić information content (AvgIpc) is 2.63. The van der Waals surface area contributed by atoms with Crippen molar-refractivity contribution in [2.45, 2.75) is 38.9 Å². The van der Waals surface area contributed by atoms with Crippen LogP contribution in [0.2, 0.25) is 0 Å². The maximum absolute atomic E-state index is 5.90. The first kappa shape index (κ1) is 9.72. The van der Waals surface area contributed by atoms with Crippen LogP contribution >= 0.6 is 0 Å². The third kappa shape index (κ3) is 2.36. The summed E-state index contributed by atoms with van der Waals surface area (Å²) in [7, 11) is 0. The zero-order valence-electron chi connectivity index (χ0n) is 8.78. The first-order chi connectivity index (χ1) is 6.86. The van der Waals surface area contributed by atoms with E-state index in [0.717, 1.165) is 12.5 Å². The van der Waals surface area contributed by atoms with Gasteiger partial charge in [-0.3, -0.25) is 0 Å². The topological polar surface area (TPSA) is 9.23 Å². The van der Waals surface area contributed by atoms with Gasteiger partial charge in [-0.2, -0.15) is 0 Å². The van der Waals surface area contributed by atoms with Crippen molar-refractivity contribution in [2.75, 3.05) is 0 Å². The lowest BCUT2D eigenvalue weighted by molar-refractivity contribution is 0.0207. The SMILES string of the molecule is CC1CCCC1OCc1ccccc1. The van der Waals surface area contributed by atoms with E-state index >= 15 is 0 Å². The Morgan fingerprint density at radius 3 is 2.64 bits per heavy atom. The lowest BCUT2D eigenvalue weighted by atomic mass is 10.1. The van der Waals surface area contributed by atoms with Gasteiger partial charge < -0.3 is 4.74 Å². The van der Waals surface area contributed by atoms with Crippen LogP contribution in [-0.2, 0) is 11.3 Å². The smallest absolute Gasteiger partial charge is 0.0720 e. The van der Waals surface area contributed by atoms with Crippen LogP contribution in [0.15, 0.2) is 30.3 Å². The molecule has 1 aliphatic rings. The second-order valence-electron chi connectivity index (χ2n) is 4.24. The minimum absolute atomic E-state index is 0.496. The minimum atomic E-state index is 0.496. The van der Waals surface area contributed by atoms with Crippen molar-refractivity contribution in [1.29, 1.82) is 0 Å². The lowest BCUT2D eigenvalue weighted by Crippen LogP contribution is -2.15. The fourth-order valence-electron chi connectivity index (χ4n) is 2.14. The molecule has 0 N–H and O–H groups in total. The van der Waals surface area contributed by atoms with Gasteiger partial charge in [0.1, 0.15) is 0 Å². The largest absolute Gasteiger partial charge is 0.373 e. The van der Waals surface area contributed by atoms with Crippen LogP contribution in [0.5, 0.6) is 0 Å². The summed E-state index contributed by atoms with van der Waals surface area (Å²) >= 11 is 0. The normalized spacial score (nSPS) is 26.6. The van der Waals surface area contributed by atoms with Crippen molar-refractivity contribution in [3.05, 3.63) is 35.9 Å². The van der Waals surface area contributed by atoms with Crippen molar-refractivity contribution in [2.24, 2.45) is 5.92 Å². The molecule has 0 spiro atoms. The highest BCUT2D eigenvalue weighted by atomic mass is 16.5. The highest BCUT2D eigenvalue weighted by molar-refractivity contribution is 5.13. The van der Waals surface area contributed by atoms with E-state index in [1.807, 2.05) is 6.07 Å². The molecule has 0 amide bonds. The number of hydrogen-bond donors (Lipinski definition) is 0. The van der Waals surface area contributed by atoms with Gasteiger partial charge in [-0.25, -0.2) is 0 Å². The van der Waals surface area contributed by atoms with Crippen LogP contribution in [0.25, 0.3) is 0 Å². The standard InChI is InChI=1S/C13H18O/c1-11-6-5-9-13(11)14-10-12-7-3-2-4-8-12/h2-4,7-8,11,13H,5-6,9-10H2,1H3. The van der Waals surface area contributed by atoms with E-state index in [1.165, 1.54) is 24.8 Å². The molecule has 0 aromatic heterocycles. The van der Waals surface area contributed by atoms with E-state index in [0.29, 0.717) is 6.10 Å². The minimum Gasteiger partial charge on any atom is -0.373 e. The molecule has 1 fully saturated rings. The predicted octanol–water partition coefficient (Wildman–Crippen LogP) is 3.39. The van der Waals surface area contributed by atoms with Gasteiger partial charge in [0.2, 0.25) is 0 Å². The molecule has 2 unspecified atom stereocenters. The molecule has 0 heterocycles. The van der Waals surface area contributed by atoms with Crippen molar-refractivity contribution in [1.82, 2.24) is 0 Å². The Hall–Kier alpha value is -0.820. The van der Waals surface area contributed by atoms with Crippen LogP contribution in [-0.4, -0.2) is 6.10 Å². The third-order valence-electron chi connectivity index (χ3n) is 3.09. The fraction of sp³-hybridized carbons (Fsp3) is 0.538. The van der Waals surface area contributed by atoms with Gasteiger partial charge in [-0.05, 0) is 24.3 Å². The summed E-state index contributed by atoms with van der Waals surface area (Å²) < 4.78 is 5.90. The Morgan fingerprint density at radius 1 is 1.21 bits per heavy atom. The molecule has 2 rings (SSSR count). The van der Waals surface area contributed by atoms with Crippen LogP contribution in [0.4, 0.5) is 0 Å². The molecular formula is C13H18O. The highest BCUT2D eigenvalue weighted by Crippen LogP contribution is 2.28. The van der Waals surface area contributed by atoms with Crippen LogP contribution < -0.4 is 0 Å². The van der Waals surface area contributed by atoms with Gasteiger partial charge in [-0.15, -0.1) is 0 Å². The Morgan fingerprint density at radius 2 is 2.00 bits per heavy atom. The molecule has 0 aliphatic heterocycles. The van der Waals surface area contributed by atoms with Gasteiger partial charge >= 0.3 is 0 Å². The number of benzene rings is 1. The Balaban J connectivity index is 1.82. The second-order valence-corrected chi connectivity index (χ2v) is 4.24. The zero-order chi connectivity index (χ0) is 9.80. The summed E-state index contributed by atoms with van der Waals surface area (Å²) in [4.78, 5) is 0. The second kappa shape index (κ2) is 4.61. The maximum Gasteiger partial charge on any atom is 0.0720 e. The summed E-state index contributed by atoms with van der Waals surface area (Å²) in [5, 5.41) is 0. The van der Waals surface area contributed by atoms with Crippen molar-refractivity contribution in [3.8, 4) is 0 Å². The van der Waals surface area contributed by atoms with Crippen LogP contribution in [0.1, 0.15) is 31.7 Å². The fourth-order valence-corrected chi connectivity index (χ4v) is 2.14. The average molecular weight is 190 g/mol. The first-order valence-electron chi connectivity index (χ1n) is 5.52. The van der Waals surface area contributed by atoms with Gasteiger partial charge in [0.25, 0.3) is 0 Å². The molecule has 1 aromatic carbocycles. The molecule has 0 radical (unpaired) electrons. The molecule has 0 saturated heterocycles. The predicted molar refractivity (Wildman–Crippen MR) is 58.0 cm³/mol. The maximum atomic E-state index is 5.90. The molecule has 1 heteroatoms. The summed E-state index contributed by atoms with van der Waals surface area (Å²) in [6.07, 6.45) is 4.41. The van der Waals surface area contributed by atoms with Gasteiger partial charge in [0.15, 0.2) is 0 Å². The van der Waals surface area contributed by atoms with Crippen LogP contribution in [0, 0.1) is 5.92 Å². The number of hydrogen-bond acceptors (Lipinski definition) is 1. The molecule has 1 aliphatic carbocycles. The van der Waals surface area contributed by atoms with E-state index < -0.39 is 0 Å². The van der Waals surface area contributed by atoms with E-state index in [1.54, 1.807) is 0 Å². The molecule has 1 nitrogen and oxygen atoms in total. The summed E-state index contributed by atoms with van der Waals surface area (Å²) in [6.45, 7) is 3.07. The van der Waals surface area contributed by atoms with Gasteiger partial charge in [0, 0.05) is 0 Å². The highest BCUT2D eigenvalue weighted by Gasteiger charge is 2.23. The first-order valence-corrected chi connectivity index (χ1v) is 5.52. The van der Waals surface area contributed by atoms with Gasteiger partial charge in [-0.1, -0.05) is 43.7 Å². The third-order valence-corrected chi connectivity index (χ3v) is 3.09. The van der Waals surface area contributed by atoms with E-state index in [2.05, 4.69) is 31.2 Å². The molecule has 1 saturated carbocycles. The number of ether oxygens (including phenoxy) is 1. The molecular weight excluding hydrogens is 172 g/mol. The lowest BCUT2D eigenvalue weighted by Gasteiger charge is -2.16. The summed E-state index contributed by atoms with van der Waals surface area (Å²) in [5.41, 5.74) is 1.28. The molecule has 1 aromatic rings. The molecule has 76 valence electrons. The zero-order valence-corrected chi connectivity index (χ0v) is 8.78. The Kier molecular flexibility index (Phi) is 3.20. The Bertz CT molecular complexity index is 268. The summed E-state index contributed by atoms with van der Waals surface area (Å²) in [6, 6.07) is 10.4. The molecule has 0 bridgehead atoms. The van der Waals surface area contributed by atoms with Gasteiger partial charge in [0.05, 0.1) is 12.7 Å². The monoisotopic (exact) mass is 190 g/mol. The van der Waals surface area contributed by atoms with Crippen molar-refractivity contribution in [3.63, 3.8) is 0 Å². The van der Waals surface area contributed by atoms with Crippen molar-refractivity contribution < 1.29 is 4.74 Å². The van der Waals surface area contributed by atoms with Crippen LogP contribution in [0.3, 0.4) is 0 Å². The Labute approximate surface area is 86.1 Å².